The van der Waals surface area contributed by atoms with Crippen molar-refractivity contribution in [3.63, 3.8) is 0 Å². The molecule has 1 aromatic heterocycles. The number of nitrogens with one attached hydrogen (secondary N) is 2. The molecule has 0 saturated carbocycles. The van der Waals surface area contributed by atoms with Crippen LogP contribution in [0.15, 0.2) is 78.9 Å². The van der Waals surface area contributed by atoms with Crippen LogP contribution in [0.3, 0.4) is 0 Å². The minimum atomic E-state index is -0.323. The summed E-state index contributed by atoms with van der Waals surface area (Å²) in [6, 6.07) is 24.8. The van der Waals surface area contributed by atoms with E-state index < -0.39 is 0 Å². The molecule has 6 heteroatoms. The van der Waals surface area contributed by atoms with E-state index in [4.69, 9.17) is 4.98 Å². The van der Waals surface area contributed by atoms with E-state index in [9.17, 15) is 9.59 Å². The molecule has 0 fully saturated rings. The number of fused-ring (bicyclic) bond motifs is 2. The molecule has 2 heterocycles. The van der Waals surface area contributed by atoms with Gasteiger partial charge >= 0.3 is 0 Å². The van der Waals surface area contributed by atoms with E-state index in [1.807, 2.05) is 72.3 Å². The number of rotatable bonds is 6. The van der Waals surface area contributed by atoms with Crippen molar-refractivity contribution in [2.45, 2.75) is 24.9 Å². The van der Waals surface area contributed by atoms with Gasteiger partial charge in [0.15, 0.2) is 0 Å². The number of carbonyl (C=O) groups is 2. The summed E-state index contributed by atoms with van der Waals surface area (Å²) in [5, 5.41) is 6.11. The number of aromatic nitrogens is 2. The number of hydrogen-bond acceptors (Lipinski definition) is 3. The molecule has 0 spiro atoms. The van der Waals surface area contributed by atoms with Crippen LogP contribution in [-0.4, -0.2) is 21.4 Å². The lowest BCUT2D eigenvalue weighted by molar-refractivity contribution is -0.122. The van der Waals surface area contributed by atoms with Gasteiger partial charge in [0.25, 0.3) is 5.91 Å². The summed E-state index contributed by atoms with van der Waals surface area (Å²) in [5.74, 6) is 0.550. The largest absolute Gasteiger partial charge is 0.346 e. The van der Waals surface area contributed by atoms with Gasteiger partial charge in [-0.2, -0.15) is 0 Å². The molecule has 1 aliphatic rings. The van der Waals surface area contributed by atoms with Gasteiger partial charge in [-0.1, -0.05) is 60.7 Å². The fraction of sp³-hybridized carbons (Fsp3) is 0.192. The van der Waals surface area contributed by atoms with Crippen LogP contribution >= 0.6 is 0 Å². The molecule has 2 amide bonds. The highest BCUT2D eigenvalue weighted by atomic mass is 16.2. The van der Waals surface area contributed by atoms with Gasteiger partial charge in [-0.25, -0.2) is 4.98 Å². The van der Waals surface area contributed by atoms with Gasteiger partial charge in [-0.3, -0.25) is 9.59 Å². The summed E-state index contributed by atoms with van der Waals surface area (Å²) in [4.78, 5) is 30.2. The number of nitrogens with zero attached hydrogens (tertiary/aromatic N) is 2. The minimum Gasteiger partial charge on any atom is -0.346 e. The Bertz CT molecular complexity index is 1300. The Balaban J connectivity index is 1.41. The maximum atomic E-state index is 13.1. The highest BCUT2D eigenvalue weighted by molar-refractivity contribution is 5.99. The molecular formula is C26H24N4O2. The first-order valence-corrected chi connectivity index (χ1v) is 10.7. The third-order valence-electron chi connectivity index (χ3n) is 6.03. The molecular weight excluding hydrogens is 400 g/mol. The summed E-state index contributed by atoms with van der Waals surface area (Å²) in [7, 11) is 1.97. The molecule has 0 saturated heterocycles. The topological polar surface area (TPSA) is 76.0 Å². The van der Waals surface area contributed by atoms with Gasteiger partial charge in [-0.05, 0) is 35.7 Å². The lowest BCUT2D eigenvalue weighted by Gasteiger charge is -2.20. The SMILES string of the molecule is Cn1c([C@@H](Cc2ccccc2)NC(=O)C[C@@H]2NC(=O)c3ccccc32)nc2ccccc21. The second-order valence-corrected chi connectivity index (χ2v) is 8.14. The van der Waals surface area contributed by atoms with Crippen molar-refractivity contribution in [3.05, 3.63) is 101 Å². The maximum absolute atomic E-state index is 13.1. The average molecular weight is 425 g/mol. The Morgan fingerprint density at radius 1 is 1.03 bits per heavy atom. The van der Waals surface area contributed by atoms with Crippen LogP contribution in [-0.2, 0) is 18.3 Å². The molecule has 2 N–H and O–H groups in total. The lowest BCUT2D eigenvalue weighted by Crippen LogP contribution is -2.34. The monoisotopic (exact) mass is 424 g/mol. The first-order chi connectivity index (χ1) is 15.6. The van der Waals surface area contributed by atoms with Crippen molar-refractivity contribution in [3.8, 4) is 0 Å². The number of amides is 2. The standard InChI is InChI=1S/C26H24N4O2/c1-30-23-14-8-7-13-20(23)28-25(30)22(15-17-9-3-2-4-10-17)27-24(31)16-21-18-11-5-6-12-19(18)26(32)29-21/h2-14,21-22H,15-16H2,1H3,(H,27,31)(H,29,32)/t21-,22+/m0/s1. The Labute approximate surface area is 186 Å². The number of imidazole rings is 1. The van der Waals surface area contributed by atoms with E-state index in [0.717, 1.165) is 28.0 Å². The van der Waals surface area contributed by atoms with Gasteiger partial charge in [-0.15, -0.1) is 0 Å². The number of benzene rings is 3. The van der Waals surface area contributed by atoms with Gasteiger partial charge in [0.05, 0.1) is 29.5 Å². The zero-order valence-corrected chi connectivity index (χ0v) is 17.8. The zero-order valence-electron chi connectivity index (χ0n) is 17.8. The minimum absolute atomic E-state index is 0.125. The highest BCUT2D eigenvalue weighted by Gasteiger charge is 2.30. The van der Waals surface area contributed by atoms with Crippen LogP contribution in [0.5, 0.6) is 0 Å². The number of aryl methyl sites for hydroxylation is 1. The van der Waals surface area contributed by atoms with Crippen LogP contribution in [0.1, 0.15) is 45.8 Å². The van der Waals surface area contributed by atoms with Crippen molar-refractivity contribution in [2.75, 3.05) is 0 Å². The third kappa shape index (κ3) is 3.75. The molecule has 0 bridgehead atoms. The quantitative estimate of drug-likeness (QED) is 0.494. The smallest absolute Gasteiger partial charge is 0.252 e. The summed E-state index contributed by atoms with van der Waals surface area (Å²) < 4.78 is 2.04. The van der Waals surface area contributed by atoms with Gasteiger partial charge in [0, 0.05) is 12.6 Å². The van der Waals surface area contributed by atoms with Crippen molar-refractivity contribution in [1.82, 2.24) is 20.2 Å². The fourth-order valence-electron chi connectivity index (χ4n) is 4.45. The molecule has 3 aromatic carbocycles. The van der Waals surface area contributed by atoms with Gasteiger partial charge < -0.3 is 15.2 Å². The summed E-state index contributed by atoms with van der Waals surface area (Å²) >= 11 is 0. The van der Waals surface area contributed by atoms with E-state index in [-0.39, 0.29) is 30.3 Å². The fourth-order valence-corrected chi connectivity index (χ4v) is 4.45. The first kappa shape index (κ1) is 20.0. The molecule has 2 atom stereocenters. The van der Waals surface area contributed by atoms with Gasteiger partial charge in [0.2, 0.25) is 5.91 Å². The number of hydrogen-bond donors (Lipinski definition) is 2. The van der Waals surface area contributed by atoms with E-state index in [2.05, 4.69) is 22.8 Å². The highest BCUT2D eigenvalue weighted by Crippen LogP contribution is 2.28. The Hall–Kier alpha value is -3.93. The number of para-hydroxylation sites is 2. The van der Waals surface area contributed by atoms with Gasteiger partial charge in [0.1, 0.15) is 5.82 Å². The van der Waals surface area contributed by atoms with Crippen LogP contribution in [0, 0.1) is 0 Å². The van der Waals surface area contributed by atoms with E-state index in [0.29, 0.717) is 12.0 Å². The normalized spacial score (nSPS) is 15.9. The molecule has 32 heavy (non-hydrogen) atoms. The third-order valence-corrected chi connectivity index (χ3v) is 6.03. The summed E-state index contributed by atoms with van der Waals surface area (Å²) in [5.41, 5.74) is 4.54. The molecule has 4 aromatic rings. The van der Waals surface area contributed by atoms with Crippen LogP contribution in [0.25, 0.3) is 11.0 Å². The Kier molecular flexibility index (Phi) is 5.19. The molecule has 6 nitrogen and oxygen atoms in total. The van der Waals surface area contributed by atoms with E-state index in [1.165, 1.54) is 0 Å². The second-order valence-electron chi connectivity index (χ2n) is 8.14. The molecule has 0 aliphatic carbocycles. The Morgan fingerprint density at radius 3 is 2.56 bits per heavy atom. The summed E-state index contributed by atoms with van der Waals surface area (Å²) in [6.07, 6.45) is 0.801. The zero-order chi connectivity index (χ0) is 22.1. The summed E-state index contributed by atoms with van der Waals surface area (Å²) in [6.45, 7) is 0. The second kappa shape index (κ2) is 8.30. The predicted octanol–water partition coefficient (Wildman–Crippen LogP) is 3.85. The molecule has 1 aliphatic heterocycles. The Morgan fingerprint density at radius 2 is 1.75 bits per heavy atom. The van der Waals surface area contributed by atoms with Crippen molar-refractivity contribution in [2.24, 2.45) is 7.05 Å². The van der Waals surface area contributed by atoms with Crippen LogP contribution in [0.4, 0.5) is 0 Å². The molecule has 0 radical (unpaired) electrons. The average Bonchev–Trinajstić information content (AvgIpc) is 3.31. The van der Waals surface area contributed by atoms with Crippen molar-refractivity contribution >= 4 is 22.8 Å². The number of carbonyl (C=O) groups excluding carboxylic acids is 2. The molecule has 5 rings (SSSR count). The van der Waals surface area contributed by atoms with Crippen LogP contribution < -0.4 is 10.6 Å². The van der Waals surface area contributed by atoms with Crippen molar-refractivity contribution < 1.29 is 9.59 Å². The van der Waals surface area contributed by atoms with E-state index in [1.54, 1.807) is 6.07 Å². The predicted molar refractivity (Wildman–Crippen MR) is 123 cm³/mol. The molecule has 160 valence electrons. The van der Waals surface area contributed by atoms with Crippen LogP contribution in [0.2, 0.25) is 0 Å². The van der Waals surface area contributed by atoms with Crippen molar-refractivity contribution in [1.29, 1.82) is 0 Å². The first-order valence-electron chi connectivity index (χ1n) is 10.7. The van der Waals surface area contributed by atoms with E-state index >= 15 is 0 Å². The maximum Gasteiger partial charge on any atom is 0.252 e. The lowest BCUT2D eigenvalue weighted by atomic mass is 10.0. The molecule has 0 unspecified atom stereocenters.